The Morgan fingerprint density at radius 2 is 2.33 bits per heavy atom. The van der Waals surface area contributed by atoms with E-state index in [1.165, 1.54) is 12.3 Å². The van der Waals surface area contributed by atoms with Gasteiger partial charge in [-0.25, -0.2) is 4.39 Å². The molecular weight excluding hydrogens is 271 g/mol. The van der Waals surface area contributed by atoms with Crippen molar-refractivity contribution in [2.45, 2.75) is 32.2 Å². The Balaban J connectivity index is 1.87. The molecule has 1 unspecified atom stereocenters. The maximum Gasteiger partial charge on any atom is 0.254 e. The van der Waals surface area contributed by atoms with Crippen LogP contribution in [0, 0.1) is 12.7 Å². The van der Waals surface area contributed by atoms with Gasteiger partial charge in [0.25, 0.3) is 5.91 Å². The smallest absolute Gasteiger partial charge is 0.254 e. The molecule has 21 heavy (non-hydrogen) atoms. The molecule has 0 radical (unpaired) electrons. The van der Waals surface area contributed by atoms with Crippen LogP contribution in [0.4, 0.5) is 4.39 Å². The average Bonchev–Trinajstić information content (AvgIpc) is 2.75. The van der Waals surface area contributed by atoms with E-state index >= 15 is 0 Å². The van der Waals surface area contributed by atoms with Gasteiger partial charge in [0.15, 0.2) is 5.82 Å². The van der Waals surface area contributed by atoms with Crippen LogP contribution < -0.4 is 5.32 Å². The van der Waals surface area contributed by atoms with Gasteiger partial charge in [-0.3, -0.25) is 14.5 Å². The normalized spacial score (nSPS) is 17.4. The van der Waals surface area contributed by atoms with Gasteiger partial charge in [0.2, 0.25) is 0 Å². The highest BCUT2D eigenvalue weighted by Crippen LogP contribution is 2.32. The number of hydrogen-bond donors (Lipinski definition) is 1. The van der Waals surface area contributed by atoms with E-state index in [2.05, 4.69) is 15.4 Å². The van der Waals surface area contributed by atoms with Crippen LogP contribution in [0.5, 0.6) is 0 Å². The van der Waals surface area contributed by atoms with Crippen molar-refractivity contribution >= 4 is 5.91 Å². The number of aromatic nitrogens is 3. The molecule has 0 bridgehead atoms. The number of rotatable bonds is 2. The molecule has 3 rings (SSSR count). The van der Waals surface area contributed by atoms with E-state index in [1.54, 1.807) is 0 Å². The fraction of sp³-hybridized carbons (Fsp3) is 0.400. The van der Waals surface area contributed by atoms with Crippen molar-refractivity contribution in [2.24, 2.45) is 7.05 Å². The van der Waals surface area contributed by atoms with E-state index in [9.17, 15) is 9.18 Å². The van der Waals surface area contributed by atoms with Crippen molar-refractivity contribution in [3.8, 4) is 0 Å². The SMILES string of the molecule is Cc1nn(C)c2c1C(NC(=O)c1ccncc1F)CCC2. The number of pyridine rings is 1. The van der Waals surface area contributed by atoms with E-state index < -0.39 is 11.7 Å². The average molecular weight is 288 g/mol. The third-order valence-electron chi connectivity index (χ3n) is 3.97. The largest absolute Gasteiger partial charge is 0.345 e. The number of nitrogens with zero attached hydrogens (tertiary/aromatic N) is 3. The van der Waals surface area contributed by atoms with E-state index in [1.807, 2.05) is 18.7 Å². The Bertz CT molecular complexity index is 695. The standard InChI is InChI=1S/C15H17FN4O/c1-9-14-12(4-3-5-13(14)20(2)19-9)18-15(21)10-6-7-17-8-11(10)16/h6-8,12H,3-5H2,1-2H3,(H,18,21). The van der Waals surface area contributed by atoms with Crippen LogP contribution in [0.15, 0.2) is 18.5 Å². The molecule has 2 heterocycles. The van der Waals surface area contributed by atoms with Crippen molar-refractivity contribution < 1.29 is 9.18 Å². The highest BCUT2D eigenvalue weighted by Gasteiger charge is 2.28. The zero-order valence-electron chi connectivity index (χ0n) is 12.1. The number of fused-ring (bicyclic) bond motifs is 1. The Morgan fingerprint density at radius 1 is 1.52 bits per heavy atom. The van der Waals surface area contributed by atoms with Gasteiger partial charge in [-0.1, -0.05) is 0 Å². The number of halogens is 1. The predicted octanol–water partition coefficient (Wildman–Crippen LogP) is 2.07. The third-order valence-corrected chi connectivity index (χ3v) is 3.97. The molecule has 0 fully saturated rings. The second-order valence-corrected chi connectivity index (χ2v) is 5.34. The minimum atomic E-state index is -0.603. The van der Waals surface area contributed by atoms with E-state index in [0.717, 1.165) is 42.4 Å². The molecule has 0 saturated heterocycles. The van der Waals surface area contributed by atoms with Gasteiger partial charge in [0, 0.05) is 24.5 Å². The first-order valence-electron chi connectivity index (χ1n) is 7.00. The van der Waals surface area contributed by atoms with Gasteiger partial charge in [0.1, 0.15) is 0 Å². The topological polar surface area (TPSA) is 59.8 Å². The van der Waals surface area contributed by atoms with Crippen LogP contribution in [0.1, 0.15) is 46.2 Å². The molecule has 0 saturated carbocycles. The summed E-state index contributed by atoms with van der Waals surface area (Å²) in [6.07, 6.45) is 5.26. The van der Waals surface area contributed by atoms with Gasteiger partial charge in [-0.15, -0.1) is 0 Å². The molecule has 110 valence electrons. The number of carbonyl (C=O) groups is 1. The summed E-state index contributed by atoms with van der Waals surface area (Å²) in [6.45, 7) is 1.94. The number of aryl methyl sites for hydroxylation is 2. The van der Waals surface area contributed by atoms with Crippen molar-refractivity contribution in [3.63, 3.8) is 0 Å². The maximum absolute atomic E-state index is 13.6. The summed E-state index contributed by atoms with van der Waals surface area (Å²) in [7, 11) is 1.92. The molecule has 2 aromatic heterocycles. The maximum atomic E-state index is 13.6. The molecule has 2 aromatic rings. The number of amides is 1. The van der Waals surface area contributed by atoms with Gasteiger partial charge < -0.3 is 5.32 Å². The van der Waals surface area contributed by atoms with Crippen molar-refractivity contribution in [2.75, 3.05) is 0 Å². The summed E-state index contributed by atoms with van der Waals surface area (Å²) >= 11 is 0. The van der Waals surface area contributed by atoms with Crippen LogP contribution in [0.25, 0.3) is 0 Å². The van der Waals surface area contributed by atoms with Gasteiger partial charge >= 0.3 is 0 Å². The Labute approximate surface area is 122 Å². The molecule has 1 N–H and O–H groups in total. The van der Waals surface area contributed by atoms with Gasteiger partial charge in [-0.2, -0.15) is 5.10 Å². The second kappa shape index (κ2) is 5.27. The lowest BCUT2D eigenvalue weighted by Gasteiger charge is -2.24. The molecule has 0 aliphatic heterocycles. The van der Waals surface area contributed by atoms with Crippen molar-refractivity contribution in [1.29, 1.82) is 0 Å². The summed E-state index contributed by atoms with van der Waals surface area (Å²) in [5.74, 6) is -1.01. The van der Waals surface area contributed by atoms with Crippen LogP contribution >= 0.6 is 0 Å². The predicted molar refractivity (Wildman–Crippen MR) is 75.3 cm³/mol. The summed E-state index contributed by atoms with van der Waals surface area (Å²) in [4.78, 5) is 15.9. The molecule has 1 atom stereocenters. The highest BCUT2D eigenvalue weighted by molar-refractivity contribution is 5.94. The first-order chi connectivity index (χ1) is 10.1. The van der Waals surface area contributed by atoms with Gasteiger partial charge in [0.05, 0.1) is 23.5 Å². The van der Waals surface area contributed by atoms with E-state index in [-0.39, 0.29) is 11.6 Å². The molecular formula is C15H17FN4O. The quantitative estimate of drug-likeness (QED) is 0.920. The third kappa shape index (κ3) is 2.41. The Hall–Kier alpha value is -2.24. The Kier molecular flexibility index (Phi) is 3.45. The van der Waals surface area contributed by atoms with Gasteiger partial charge in [-0.05, 0) is 32.3 Å². The van der Waals surface area contributed by atoms with E-state index in [4.69, 9.17) is 0 Å². The summed E-state index contributed by atoms with van der Waals surface area (Å²) in [5.41, 5.74) is 3.18. The summed E-state index contributed by atoms with van der Waals surface area (Å²) < 4.78 is 15.5. The molecule has 0 aromatic carbocycles. The van der Waals surface area contributed by atoms with Crippen molar-refractivity contribution in [1.82, 2.24) is 20.1 Å². The first kappa shape index (κ1) is 13.7. The van der Waals surface area contributed by atoms with Crippen molar-refractivity contribution in [3.05, 3.63) is 46.8 Å². The zero-order valence-corrected chi connectivity index (χ0v) is 12.1. The fourth-order valence-corrected chi connectivity index (χ4v) is 3.03. The lowest BCUT2D eigenvalue weighted by atomic mass is 9.91. The molecule has 5 nitrogen and oxygen atoms in total. The van der Waals surface area contributed by atoms with E-state index in [0.29, 0.717) is 0 Å². The molecule has 1 aliphatic rings. The summed E-state index contributed by atoms with van der Waals surface area (Å²) in [6, 6.07) is 1.28. The minimum absolute atomic E-state index is 0.0265. The minimum Gasteiger partial charge on any atom is -0.345 e. The first-order valence-corrected chi connectivity index (χ1v) is 7.00. The molecule has 1 amide bonds. The highest BCUT2D eigenvalue weighted by atomic mass is 19.1. The number of carbonyl (C=O) groups excluding carboxylic acids is 1. The second-order valence-electron chi connectivity index (χ2n) is 5.34. The van der Waals surface area contributed by atoms with Crippen LogP contribution in [-0.2, 0) is 13.5 Å². The number of nitrogens with one attached hydrogen (secondary N) is 1. The summed E-state index contributed by atoms with van der Waals surface area (Å²) in [5, 5.41) is 7.35. The Morgan fingerprint density at radius 3 is 3.10 bits per heavy atom. The molecule has 0 spiro atoms. The molecule has 1 aliphatic carbocycles. The zero-order chi connectivity index (χ0) is 15.0. The van der Waals surface area contributed by atoms with Crippen LogP contribution in [-0.4, -0.2) is 20.7 Å². The lowest BCUT2D eigenvalue weighted by molar-refractivity contribution is 0.0928. The number of hydrogen-bond acceptors (Lipinski definition) is 3. The molecule has 6 heteroatoms. The monoisotopic (exact) mass is 288 g/mol. The van der Waals surface area contributed by atoms with Crippen LogP contribution in [0.3, 0.4) is 0 Å². The van der Waals surface area contributed by atoms with Crippen LogP contribution in [0.2, 0.25) is 0 Å². The fourth-order valence-electron chi connectivity index (χ4n) is 3.03. The lowest BCUT2D eigenvalue weighted by Crippen LogP contribution is -2.32.